The molecule has 1 aliphatic heterocycles. The lowest BCUT2D eigenvalue weighted by atomic mass is 10.1. The van der Waals surface area contributed by atoms with E-state index in [1.807, 2.05) is 24.3 Å². The highest BCUT2D eigenvalue weighted by atomic mass is 79.9. The van der Waals surface area contributed by atoms with Crippen LogP contribution in [0.3, 0.4) is 0 Å². The van der Waals surface area contributed by atoms with E-state index in [0.717, 1.165) is 11.3 Å². The van der Waals surface area contributed by atoms with Crippen LogP contribution < -0.4 is 10.9 Å². The molecule has 0 aromatic heterocycles. The molecular weight excluding hydrogens is 248 g/mol. The molecule has 0 saturated carbocycles. The number of hydrazine groups is 1. The maximum atomic E-state index is 11.5. The molecule has 2 N–H and O–H groups in total. The molecule has 74 valence electrons. The van der Waals surface area contributed by atoms with Gasteiger partial charge in [-0.1, -0.05) is 18.2 Å². The molecule has 0 fully saturated rings. The highest BCUT2D eigenvalue weighted by Crippen LogP contribution is 2.38. The van der Waals surface area contributed by atoms with Crippen LogP contribution >= 0.6 is 15.9 Å². The Labute approximate surface area is 89.7 Å². The molecule has 1 aliphatic rings. The van der Waals surface area contributed by atoms with Gasteiger partial charge in [-0.2, -0.15) is 0 Å². The van der Waals surface area contributed by atoms with Crippen LogP contribution in [0.25, 0.3) is 0 Å². The van der Waals surface area contributed by atoms with Gasteiger partial charge in [0.15, 0.2) is 0 Å². The van der Waals surface area contributed by atoms with Crippen molar-refractivity contribution in [2.75, 3.05) is 12.5 Å². The summed E-state index contributed by atoms with van der Waals surface area (Å²) in [6, 6.07) is 7.50. The number of rotatable bonds is 1. The summed E-state index contributed by atoms with van der Waals surface area (Å²) in [6.07, 6.45) is 0. The summed E-state index contributed by atoms with van der Waals surface area (Å²) < 4.78 is 3.73. The van der Waals surface area contributed by atoms with Crippen molar-refractivity contribution >= 4 is 27.6 Å². The predicted molar refractivity (Wildman–Crippen MR) is 55.8 cm³/mol. The number of para-hydroxylation sites is 1. The zero-order valence-electron chi connectivity index (χ0n) is 7.50. The second kappa shape index (κ2) is 3.25. The lowest BCUT2D eigenvalue weighted by molar-refractivity contribution is -0.144. The number of methoxy groups -OCH3 is 1. The van der Waals surface area contributed by atoms with Crippen LogP contribution in [0.2, 0.25) is 0 Å². The Hall–Kier alpha value is -1.07. The Kier molecular flexibility index (Phi) is 2.20. The van der Waals surface area contributed by atoms with Gasteiger partial charge in [0.25, 0.3) is 0 Å². The molecule has 0 radical (unpaired) electrons. The molecule has 0 aliphatic carbocycles. The van der Waals surface area contributed by atoms with E-state index < -0.39 is 4.45 Å². The molecule has 1 atom stereocenters. The van der Waals surface area contributed by atoms with E-state index in [0.29, 0.717) is 0 Å². The Bertz CT molecular complexity index is 383. The van der Waals surface area contributed by atoms with E-state index in [1.165, 1.54) is 7.11 Å². The zero-order valence-corrected chi connectivity index (χ0v) is 9.09. The molecule has 14 heavy (non-hydrogen) atoms. The van der Waals surface area contributed by atoms with Crippen LogP contribution in [0.1, 0.15) is 5.56 Å². The molecule has 0 spiro atoms. The maximum absolute atomic E-state index is 11.5. The van der Waals surface area contributed by atoms with Crippen molar-refractivity contribution in [1.29, 1.82) is 0 Å². The fraction of sp³-hybridized carbons (Fsp3) is 0.222. The molecule has 5 heteroatoms. The van der Waals surface area contributed by atoms with Gasteiger partial charge in [-0.3, -0.25) is 0 Å². The zero-order chi connectivity index (χ0) is 10.2. The van der Waals surface area contributed by atoms with Crippen molar-refractivity contribution in [3.05, 3.63) is 29.8 Å². The van der Waals surface area contributed by atoms with Crippen molar-refractivity contribution in [2.24, 2.45) is 0 Å². The van der Waals surface area contributed by atoms with E-state index in [4.69, 9.17) is 4.74 Å². The fourth-order valence-corrected chi connectivity index (χ4v) is 2.02. The second-order valence-corrected chi connectivity index (χ2v) is 4.14. The van der Waals surface area contributed by atoms with Crippen LogP contribution in [-0.4, -0.2) is 13.1 Å². The van der Waals surface area contributed by atoms with E-state index >= 15 is 0 Å². The molecule has 0 amide bonds. The highest BCUT2D eigenvalue weighted by Gasteiger charge is 2.44. The standard InChI is InChI=1S/C9H9BrN2O2/c1-14-8(13)9(10)6-4-2-3-5-7(6)11-12-9/h2-5,11-12H,1H3. The third-order valence-electron chi connectivity index (χ3n) is 2.13. The molecule has 0 saturated heterocycles. The number of nitrogens with one attached hydrogen (secondary N) is 2. The summed E-state index contributed by atoms with van der Waals surface area (Å²) in [5, 5.41) is 0. The lowest BCUT2D eigenvalue weighted by Gasteiger charge is -2.18. The number of alkyl halides is 1. The van der Waals surface area contributed by atoms with Gasteiger partial charge in [-0.25, -0.2) is 10.2 Å². The van der Waals surface area contributed by atoms with Crippen LogP contribution in [-0.2, 0) is 14.0 Å². The van der Waals surface area contributed by atoms with Crippen molar-refractivity contribution in [3.63, 3.8) is 0 Å². The molecular formula is C9H9BrN2O2. The first-order chi connectivity index (χ1) is 6.68. The number of hydrogen-bond acceptors (Lipinski definition) is 4. The normalized spacial score (nSPS) is 23.9. The monoisotopic (exact) mass is 256 g/mol. The lowest BCUT2D eigenvalue weighted by Crippen LogP contribution is -2.42. The average molecular weight is 257 g/mol. The number of esters is 1. The van der Waals surface area contributed by atoms with Crippen molar-refractivity contribution in [1.82, 2.24) is 5.43 Å². The SMILES string of the molecule is COC(=O)C1(Br)NNc2ccccc21. The minimum absolute atomic E-state index is 0.380. The van der Waals surface area contributed by atoms with Crippen LogP contribution in [0.4, 0.5) is 5.69 Å². The Morgan fingerprint density at radius 2 is 2.21 bits per heavy atom. The van der Waals surface area contributed by atoms with E-state index in [-0.39, 0.29) is 5.97 Å². The van der Waals surface area contributed by atoms with Gasteiger partial charge in [-0.05, 0) is 22.0 Å². The summed E-state index contributed by atoms with van der Waals surface area (Å²) >= 11 is 3.32. The highest BCUT2D eigenvalue weighted by molar-refractivity contribution is 9.10. The van der Waals surface area contributed by atoms with Gasteiger partial charge in [-0.15, -0.1) is 0 Å². The largest absolute Gasteiger partial charge is 0.467 e. The summed E-state index contributed by atoms with van der Waals surface area (Å²) in [5.74, 6) is -0.380. The first-order valence-electron chi connectivity index (χ1n) is 4.08. The Morgan fingerprint density at radius 1 is 1.50 bits per heavy atom. The number of benzene rings is 1. The molecule has 0 bridgehead atoms. The number of carbonyl (C=O) groups is 1. The number of anilines is 1. The quantitative estimate of drug-likeness (QED) is 0.453. The number of halogens is 1. The van der Waals surface area contributed by atoms with Gasteiger partial charge in [0.1, 0.15) is 0 Å². The van der Waals surface area contributed by atoms with E-state index in [1.54, 1.807) is 0 Å². The topological polar surface area (TPSA) is 50.4 Å². The third kappa shape index (κ3) is 1.20. The van der Waals surface area contributed by atoms with Gasteiger partial charge < -0.3 is 10.2 Å². The molecule has 1 aromatic carbocycles. The first kappa shape index (κ1) is 9.48. The van der Waals surface area contributed by atoms with Crippen LogP contribution in [0.15, 0.2) is 24.3 Å². The summed E-state index contributed by atoms with van der Waals surface area (Å²) in [7, 11) is 1.36. The maximum Gasteiger partial charge on any atom is 0.343 e. The fourth-order valence-electron chi connectivity index (χ4n) is 1.41. The van der Waals surface area contributed by atoms with Gasteiger partial charge >= 0.3 is 5.97 Å². The van der Waals surface area contributed by atoms with Crippen molar-refractivity contribution < 1.29 is 9.53 Å². The smallest absolute Gasteiger partial charge is 0.343 e. The first-order valence-corrected chi connectivity index (χ1v) is 4.88. The molecule has 2 rings (SSSR count). The van der Waals surface area contributed by atoms with Crippen molar-refractivity contribution in [2.45, 2.75) is 4.45 Å². The van der Waals surface area contributed by atoms with Gasteiger partial charge in [0.05, 0.1) is 12.8 Å². The van der Waals surface area contributed by atoms with Gasteiger partial charge in [0, 0.05) is 5.56 Å². The average Bonchev–Trinajstić information content (AvgIpc) is 2.58. The third-order valence-corrected chi connectivity index (χ3v) is 3.08. The Morgan fingerprint density at radius 3 is 2.93 bits per heavy atom. The minimum Gasteiger partial charge on any atom is -0.467 e. The van der Waals surface area contributed by atoms with Crippen LogP contribution in [0.5, 0.6) is 0 Å². The van der Waals surface area contributed by atoms with E-state index in [2.05, 4.69) is 26.8 Å². The molecule has 4 nitrogen and oxygen atoms in total. The second-order valence-electron chi connectivity index (χ2n) is 2.95. The molecule has 1 aromatic rings. The summed E-state index contributed by atoms with van der Waals surface area (Å²) in [5.41, 5.74) is 7.45. The number of carbonyl (C=O) groups excluding carboxylic acids is 1. The summed E-state index contributed by atoms with van der Waals surface area (Å²) in [4.78, 5) is 11.5. The van der Waals surface area contributed by atoms with Gasteiger partial charge in [0.2, 0.25) is 4.45 Å². The van der Waals surface area contributed by atoms with Crippen molar-refractivity contribution in [3.8, 4) is 0 Å². The molecule has 1 unspecified atom stereocenters. The predicted octanol–water partition coefficient (Wildman–Crippen LogP) is 1.34. The minimum atomic E-state index is -0.974. The number of hydrogen-bond donors (Lipinski definition) is 2. The number of ether oxygens (including phenoxy) is 1. The number of fused-ring (bicyclic) bond motifs is 1. The van der Waals surface area contributed by atoms with E-state index in [9.17, 15) is 4.79 Å². The van der Waals surface area contributed by atoms with Crippen LogP contribution in [0, 0.1) is 0 Å². The Balaban J connectivity index is 2.47. The summed E-state index contributed by atoms with van der Waals surface area (Å²) in [6.45, 7) is 0. The molecule has 1 heterocycles.